The normalized spacial score (nSPS) is 12.0. The second kappa shape index (κ2) is 5.60. The molecule has 1 nitrogen and oxygen atoms in total. The van der Waals surface area contributed by atoms with Gasteiger partial charge in [-0.05, 0) is 13.1 Å². The Labute approximate surface area is 58.5 Å². The van der Waals surface area contributed by atoms with Gasteiger partial charge in [-0.3, -0.25) is 0 Å². The largest absolute Gasteiger partial charge is 0.306 e. The summed E-state index contributed by atoms with van der Waals surface area (Å²) in [7, 11) is -0.257. The predicted molar refractivity (Wildman–Crippen MR) is 42.2 cm³/mol. The van der Waals surface area contributed by atoms with Crippen LogP contribution >= 0.6 is 11.1 Å². The molecular formula is C5H14ClNSi. The molecule has 0 saturated carbocycles. The lowest BCUT2D eigenvalue weighted by molar-refractivity contribution is 0.354. The number of nitrogens with zero attached hydrogens (tertiary/aromatic N) is 1. The van der Waals surface area contributed by atoms with E-state index in [1.54, 1.807) is 0 Å². The SMILES string of the molecule is CCN(CC)C[SiH2]Cl. The van der Waals surface area contributed by atoms with E-state index in [1.807, 2.05) is 0 Å². The molecule has 0 unspecified atom stereocenters. The molecule has 0 aliphatic heterocycles. The molecule has 0 saturated heterocycles. The van der Waals surface area contributed by atoms with Gasteiger partial charge < -0.3 is 4.90 Å². The van der Waals surface area contributed by atoms with Gasteiger partial charge in [-0.1, -0.05) is 13.8 Å². The number of halogens is 1. The topological polar surface area (TPSA) is 3.24 Å². The van der Waals surface area contributed by atoms with Gasteiger partial charge >= 0.3 is 0 Å². The number of hydrogen-bond acceptors (Lipinski definition) is 1. The van der Waals surface area contributed by atoms with Crippen molar-refractivity contribution in [1.82, 2.24) is 4.90 Å². The second-order valence-electron chi connectivity index (χ2n) is 1.72. The molecule has 0 N–H and O–H groups in total. The molecule has 0 aliphatic carbocycles. The molecule has 0 spiro atoms. The van der Waals surface area contributed by atoms with Crippen LogP contribution < -0.4 is 0 Å². The molecule has 0 aromatic carbocycles. The van der Waals surface area contributed by atoms with Crippen LogP contribution in [-0.2, 0) is 0 Å². The number of hydrogen-bond donors (Lipinski definition) is 0. The fraction of sp³-hybridized carbons (Fsp3) is 1.00. The molecule has 0 heterocycles. The first kappa shape index (κ1) is 8.47. The van der Waals surface area contributed by atoms with E-state index in [2.05, 4.69) is 18.7 Å². The van der Waals surface area contributed by atoms with Crippen LogP contribution in [0.15, 0.2) is 0 Å². The van der Waals surface area contributed by atoms with E-state index < -0.39 is 0 Å². The summed E-state index contributed by atoms with van der Waals surface area (Å²) in [6.07, 6.45) is 1.16. The maximum absolute atomic E-state index is 5.65. The molecule has 0 rings (SSSR count). The first-order valence-corrected chi connectivity index (χ1v) is 6.27. The lowest BCUT2D eigenvalue weighted by atomic mass is 10.6. The van der Waals surface area contributed by atoms with E-state index in [4.69, 9.17) is 11.1 Å². The Bertz CT molecular complexity index is 47.7. The van der Waals surface area contributed by atoms with E-state index in [0.29, 0.717) is 0 Å². The van der Waals surface area contributed by atoms with Gasteiger partial charge in [0.1, 0.15) is 8.83 Å². The van der Waals surface area contributed by atoms with Gasteiger partial charge in [-0.25, -0.2) is 0 Å². The van der Waals surface area contributed by atoms with E-state index in [1.165, 1.54) is 0 Å². The summed E-state index contributed by atoms with van der Waals surface area (Å²) in [5.74, 6) is 0. The molecule has 0 aromatic heterocycles. The fourth-order valence-electron chi connectivity index (χ4n) is 0.659. The van der Waals surface area contributed by atoms with Gasteiger partial charge in [0, 0.05) is 6.17 Å². The van der Waals surface area contributed by atoms with Gasteiger partial charge in [0.25, 0.3) is 0 Å². The van der Waals surface area contributed by atoms with E-state index in [0.717, 1.165) is 19.3 Å². The smallest absolute Gasteiger partial charge is 0.139 e. The van der Waals surface area contributed by atoms with Crippen LogP contribution in [0.4, 0.5) is 0 Å². The summed E-state index contributed by atoms with van der Waals surface area (Å²) in [6.45, 7) is 6.64. The molecule has 3 heteroatoms. The predicted octanol–water partition coefficient (Wildman–Crippen LogP) is 0.608. The summed E-state index contributed by atoms with van der Waals surface area (Å²) in [5.41, 5.74) is 0. The standard InChI is InChI=1S/C5H14ClNSi/c1-3-7(4-2)5-8-6/h3-5,8H2,1-2H3. The molecule has 8 heavy (non-hydrogen) atoms. The maximum Gasteiger partial charge on any atom is 0.139 e. The fourth-order valence-corrected chi connectivity index (χ4v) is 2.25. The highest BCUT2D eigenvalue weighted by Crippen LogP contribution is 1.84. The van der Waals surface area contributed by atoms with Crippen LogP contribution in [0, 0.1) is 0 Å². The zero-order valence-corrected chi connectivity index (χ0v) is 7.82. The molecule has 0 aliphatic rings. The monoisotopic (exact) mass is 151 g/mol. The van der Waals surface area contributed by atoms with E-state index in [-0.39, 0.29) is 8.83 Å². The zero-order chi connectivity index (χ0) is 6.41. The van der Waals surface area contributed by atoms with Gasteiger partial charge in [-0.2, -0.15) is 11.1 Å². The highest BCUT2D eigenvalue weighted by atomic mass is 35.6. The van der Waals surface area contributed by atoms with Crippen molar-refractivity contribution in [3.8, 4) is 0 Å². The molecule has 0 radical (unpaired) electrons. The Kier molecular flexibility index (Phi) is 5.93. The summed E-state index contributed by atoms with van der Waals surface area (Å²) in [5, 5.41) is 0. The third-order valence-corrected chi connectivity index (χ3v) is 2.60. The van der Waals surface area contributed by atoms with Crippen LogP contribution in [0.25, 0.3) is 0 Å². The van der Waals surface area contributed by atoms with Crippen LogP contribution in [0.5, 0.6) is 0 Å². The Morgan fingerprint density at radius 1 is 1.38 bits per heavy atom. The Balaban J connectivity index is 3.07. The number of rotatable bonds is 4. The average Bonchev–Trinajstić information content (AvgIpc) is 1.83. The van der Waals surface area contributed by atoms with Gasteiger partial charge in [0.05, 0.1) is 0 Å². The van der Waals surface area contributed by atoms with Crippen molar-refractivity contribution in [2.75, 3.05) is 19.3 Å². The van der Waals surface area contributed by atoms with Gasteiger partial charge in [0.15, 0.2) is 0 Å². The molecular weight excluding hydrogens is 138 g/mol. The van der Waals surface area contributed by atoms with Crippen molar-refractivity contribution in [2.24, 2.45) is 0 Å². The average molecular weight is 152 g/mol. The van der Waals surface area contributed by atoms with Crippen molar-refractivity contribution in [3.63, 3.8) is 0 Å². The van der Waals surface area contributed by atoms with Crippen molar-refractivity contribution in [2.45, 2.75) is 13.8 Å². The summed E-state index contributed by atoms with van der Waals surface area (Å²) < 4.78 is 0. The minimum absolute atomic E-state index is 0.257. The van der Waals surface area contributed by atoms with E-state index >= 15 is 0 Å². The van der Waals surface area contributed by atoms with Crippen LogP contribution in [0.1, 0.15) is 13.8 Å². The summed E-state index contributed by atoms with van der Waals surface area (Å²) >= 11 is 5.65. The molecule has 50 valence electrons. The highest BCUT2D eigenvalue weighted by molar-refractivity contribution is 6.93. The third kappa shape index (κ3) is 3.47. The molecule has 0 aromatic rings. The Morgan fingerprint density at radius 2 is 1.88 bits per heavy atom. The molecule has 0 amide bonds. The van der Waals surface area contributed by atoms with Crippen molar-refractivity contribution < 1.29 is 0 Å². The zero-order valence-electron chi connectivity index (χ0n) is 5.65. The Hall–Kier alpha value is 0.467. The minimum atomic E-state index is -0.257. The lowest BCUT2D eigenvalue weighted by Crippen LogP contribution is -2.25. The summed E-state index contributed by atoms with van der Waals surface area (Å²) in [4.78, 5) is 2.36. The van der Waals surface area contributed by atoms with Crippen molar-refractivity contribution in [1.29, 1.82) is 0 Å². The Morgan fingerprint density at radius 3 is 2.00 bits per heavy atom. The highest BCUT2D eigenvalue weighted by Gasteiger charge is 1.94. The molecule has 0 bridgehead atoms. The molecule has 0 atom stereocenters. The van der Waals surface area contributed by atoms with Crippen LogP contribution in [0.3, 0.4) is 0 Å². The maximum atomic E-state index is 5.65. The van der Waals surface area contributed by atoms with Crippen molar-refractivity contribution >= 4 is 19.9 Å². The van der Waals surface area contributed by atoms with Crippen LogP contribution in [-0.4, -0.2) is 33.0 Å². The summed E-state index contributed by atoms with van der Waals surface area (Å²) in [6, 6.07) is 0. The third-order valence-electron chi connectivity index (χ3n) is 1.30. The van der Waals surface area contributed by atoms with Crippen LogP contribution in [0.2, 0.25) is 0 Å². The lowest BCUT2D eigenvalue weighted by Gasteiger charge is -2.14. The van der Waals surface area contributed by atoms with Gasteiger partial charge in [-0.15, -0.1) is 0 Å². The second-order valence-corrected chi connectivity index (χ2v) is 3.67. The quantitative estimate of drug-likeness (QED) is 0.421. The van der Waals surface area contributed by atoms with E-state index in [9.17, 15) is 0 Å². The minimum Gasteiger partial charge on any atom is -0.306 e. The van der Waals surface area contributed by atoms with Gasteiger partial charge in [0.2, 0.25) is 0 Å². The first-order valence-electron chi connectivity index (χ1n) is 3.13. The van der Waals surface area contributed by atoms with Crippen molar-refractivity contribution in [3.05, 3.63) is 0 Å². The molecule has 0 fully saturated rings. The first-order chi connectivity index (χ1) is 3.85.